The molecule has 3 rings (SSSR count). The van der Waals surface area contributed by atoms with Gasteiger partial charge in [0.05, 0.1) is 10.3 Å². The van der Waals surface area contributed by atoms with Gasteiger partial charge in [-0.3, -0.25) is 4.79 Å². The molecule has 1 N–H and O–H groups in total. The van der Waals surface area contributed by atoms with Crippen LogP contribution in [0.1, 0.15) is 36.8 Å². The number of sulfonamides is 1. The highest BCUT2D eigenvalue weighted by molar-refractivity contribution is 7.89. The van der Waals surface area contributed by atoms with Crippen molar-refractivity contribution in [3.63, 3.8) is 0 Å². The second-order valence-electron chi connectivity index (χ2n) is 7.41. The number of carbonyl (C=O) groups is 1. The molecule has 0 aliphatic heterocycles. The van der Waals surface area contributed by atoms with Gasteiger partial charge in [0.15, 0.2) is 0 Å². The fourth-order valence-corrected chi connectivity index (χ4v) is 4.65. The highest BCUT2D eigenvalue weighted by Gasteiger charge is 2.42. The average molecular weight is 405 g/mol. The van der Waals surface area contributed by atoms with E-state index in [0.717, 1.165) is 28.3 Å². The molecule has 2 aromatic carbocycles. The first-order chi connectivity index (χ1) is 13.3. The van der Waals surface area contributed by atoms with Gasteiger partial charge in [0.25, 0.3) is 0 Å². The number of hydrogen-bond acceptors (Lipinski definition) is 3. The van der Waals surface area contributed by atoms with Crippen molar-refractivity contribution in [2.75, 3.05) is 14.1 Å². The summed E-state index contributed by atoms with van der Waals surface area (Å²) in [5.41, 5.74) is 0.824. The monoisotopic (exact) mass is 404 g/mol. The van der Waals surface area contributed by atoms with Crippen molar-refractivity contribution >= 4 is 15.9 Å². The third kappa shape index (κ3) is 3.95. The highest BCUT2D eigenvalue weighted by Crippen LogP contribution is 2.41. The van der Waals surface area contributed by atoms with Crippen molar-refractivity contribution in [1.82, 2.24) is 9.62 Å². The van der Waals surface area contributed by atoms with Crippen LogP contribution >= 0.6 is 0 Å². The number of amides is 1. The molecule has 0 heterocycles. The Balaban J connectivity index is 1.74. The van der Waals surface area contributed by atoms with Crippen LogP contribution in [0, 0.1) is 5.82 Å². The summed E-state index contributed by atoms with van der Waals surface area (Å²) in [6.45, 7) is 0.290. The Morgan fingerprint density at radius 2 is 1.75 bits per heavy atom. The Bertz CT molecular complexity index is 950. The largest absolute Gasteiger partial charge is 0.351 e. The molecule has 1 saturated carbocycles. The fraction of sp³-hybridized carbons (Fsp3) is 0.381. The van der Waals surface area contributed by atoms with E-state index in [2.05, 4.69) is 5.32 Å². The van der Waals surface area contributed by atoms with Crippen LogP contribution in [0.5, 0.6) is 0 Å². The Hall–Kier alpha value is -2.25. The van der Waals surface area contributed by atoms with E-state index in [-0.39, 0.29) is 23.2 Å². The topological polar surface area (TPSA) is 66.5 Å². The average Bonchev–Trinajstić information content (AvgIpc) is 3.17. The van der Waals surface area contributed by atoms with Crippen molar-refractivity contribution in [3.05, 3.63) is 65.5 Å². The Kier molecular flexibility index (Phi) is 5.86. The first-order valence-corrected chi connectivity index (χ1v) is 10.8. The minimum Gasteiger partial charge on any atom is -0.351 e. The maximum Gasteiger partial charge on any atom is 0.242 e. The minimum absolute atomic E-state index is 0.111. The lowest BCUT2D eigenvalue weighted by Crippen LogP contribution is -2.42. The Morgan fingerprint density at radius 1 is 1.11 bits per heavy atom. The van der Waals surface area contributed by atoms with Crippen LogP contribution in [0.2, 0.25) is 0 Å². The van der Waals surface area contributed by atoms with Gasteiger partial charge < -0.3 is 5.32 Å². The molecule has 0 spiro atoms. The van der Waals surface area contributed by atoms with E-state index in [1.165, 1.54) is 38.4 Å². The summed E-state index contributed by atoms with van der Waals surface area (Å²) < 4.78 is 39.1. The number of nitrogens with zero attached hydrogens (tertiary/aromatic N) is 1. The molecule has 0 unspecified atom stereocenters. The molecule has 1 fully saturated rings. The summed E-state index contributed by atoms with van der Waals surface area (Å²) in [6, 6.07) is 12.7. The van der Waals surface area contributed by atoms with Gasteiger partial charge in [-0.15, -0.1) is 0 Å². The summed E-state index contributed by atoms with van der Waals surface area (Å²) >= 11 is 0. The third-order valence-electron chi connectivity index (χ3n) is 5.42. The molecular formula is C21H25FN2O3S. The molecule has 0 bridgehead atoms. The zero-order valence-corrected chi connectivity index (χ0v) is 16.9. The van der Waals surface area contributed by atoms with Gasteiger partial charge in [-0.2, -0.15) is 0 Å². The Labute approximate surface area is 165 Å². The van der Waals surface area contributed by atoms with Gasteiger partial charge in [-0.1, -0.05) is 37.1 Å². The minimum atomic E-state index is -3.48. The lowest BCUT2D eigenvalue weighted by molar-refractivity contribution is -0.126. The second-order valence-corrected chi connectivity index (χ2v) is 9.57. The molecule has 7 heteroatoms. The summed E-state index contributed by atoms with van der Waals surface area (Å²) in [6.07, 6.45) is 3.26. The van der Waals surface area contributed by atoms with E-state index in [1.54, 1.807) is 18.2 Å². The van der Waals surface area contributed by atoms with Crippen LogP contribution in [0.15, 0.2) is 53.4 Å². The first kappa shape index (κ1) is 20.5. The molecule has 1 amide bonds. The lowest BCUT2D eigenvalue weighted by Gasteiger charge is -2.28. The maximum atomic E-state index is 13.7. The van der Waals surface area contributed by atoms with E-state index in [1.807, 2.05) is 6.07 Å². The van der Waals surface area contributed by atoms with Gasteiger partial charge in [0.1, 0.15) is 5.82 Å². The number of nitrogens with one attached hydrogen (secondary N) is 1. The van der Waals surface area contributed by atoms with Crippen molar-refractivity contribution < 1.29 is 17.6 Å². The van der Waals surface area contributed by atoms with Gasteiger partial charge in [-0.05, 0) is 48.2 Å². The molecule has 28 heavy (non-hydrogen) atoms. The summed E-state index contributed by atoms with van der Waals surface area (Å²) in [5.74, 6) is -0.449. The predicted octanol–water partition coefficient (Wildman–Crippen LogP) is 3.20. The quantitative estimate of drug-likeness (QED) is 0.804. The molecule has 1 aliphatic rings. The molecule has 0 radical (unpaired) electrons. The maximum absolute atomic E-state index is 13.7. The first-order valence-electron chi connectivity index (χ1n) is 9.31. The van der Waals surface area contributed by atoms with E-state index < -0.39 is 15.4 Å². The molecule has 1 aliphatic carbocycles. The van der Waals surface area contributed by atoms with Crippen LogP contribution < -0.4 is 5.32 Å². The number of halogens is 1. The zero-order valence-electron chi connectivity index (χ0n) is 16.1. The molecule has 5 nitrogen and oxygen atoms in total. The molecule has 0 aromatic heterocycles. The van der Waals surface area contributed by atoms with Crippen LogP contribution in [0.3, 0.4) is 0 Å². The number of rotatable bonds is 6. The van der Waals surface area contributed by atoms with E-state index >= 15 is 0 Å². The fourth-order valence-electron chi connectivity index (χ4n) is 3.75. The normalized spacial score (nSPS) is 16.3. The number of benzene rings is 2. The summed E-state index contributed by atoms with van der Waals surface area (Å²) in [4.78, 5) is 13.2. The Morgan fingerprint density at radius 3 is 2.32 bits per heavy atom. The number of hydrogen-bond donors (Lipinski definition) is 1. The molecule has 150 valence electrons. The van der Waals surface area contributed by atoms with E-state index in [0.29, 0.717) is 12.8 Å². The predicted molar refractivity (Wildman–Crippen MR) is 106 cm³/mol. The van der Waals surface area contributed by atoms with Crippen LogP contribution in [-0.2, 0) is 26.8 Å². The lowest BCUT2D eigenvalue weighted by atomic mass is 9.78. The SMILES string of the molecule is CN(C)S(=O)(=O)c1ccc(CNC(=O)C2(c3cccc(F)c3)CCCC2)cc1. The van der Waals surface area contributed by atoms with Crippen LogP contribution in [0.4, 0.5) is 4.39 Å². The summed E-state index contributed by atoms with van der Waals surface area (Å²) in [5, 5.41) is 2.96. The van der Waals surface area contributed by atoms with Gasteiger partial charge >= 0.3 is 0 Å². The van der Waals surface area contributed by atoms with E-state index in [4.69, 9.17) is 0 Å². The number of carbonyl (C=O) groups excluding carboxylic acids is 1. The standard InChI is InChI=1S/C21H25FN2O3S/c1-24(2)28(26,27)19-10-8-16(9-11-19)15-23-20(25)21(12-3-4-13-21)17-6-5-7-18(22)14-17/h5-11,14H,3-4,12-13,15H2,1-2H3,(H,23,25). The molecular weight excluding hydrogens is 379 g/mol. The van der Waals surface area contributed by atoms with Gasteiger partial charge in [0, 0.05) is 20.6 Å². The van der Waals surface area contributed by atoms with Crippen molar-refractivity contribution in [2.24, 2.45) is 0 Å². The molecule has 0 atom stereocenters. The highest BCUT2D eigenvalue weighted by atomic mass is 32.2. The zero-order chi connectivity index (χ0) is 20.4. The third-order valence-corrected chi connectivity index (χ3v) is 7.25. The molecule has 0 saturated heterocycles. The van der Waals surface area contributed by atoms with Crippen molar-refractivity contribution in [1.29, 1.82) is 0 Å². The van der Waals surface area contributed by atoms with Gasteiger partial charge in [-0.25, -0.2) is 17.1 Å². The van der Waals surface area contributed by atoms with Crippen molar-refractivity contribution in [2.45, 2.75) is 42.5 Å². The smallest absolute Gasteiger partial charge is 0.242 e. The summed E-state index contributed by atoms with van der Waals surface area (Å²) in [7, 11) is -0.511. The van der Waals surface area contributed by atoms with E-state index in [9.17, 15) is 17.6 Å². The van der Waals surface area contributed by atoms with Crippen LogP contribution in [-0.4, -0.2) is 32.7 Å². The molecule has 2 aromatic rings. The second kappa shape index (κ2) is 8.01. The van der Waals surface area contributed by atoms with Gasteiger partial charge in [0.2, 0.25) is 15.9 Å². The van der Waals surface area contributed by atoms with Crippen LogP contribution in [0.25, 0.3) is 0 Å². The van der Waals surface area contributed by atoms with Crippen molar-refractivity contribution in [3.8, 4) is 0 Å².